The van der Waals surface area contributed by atoms with Crippen LogP contribution in [0.3, 0.4) is 0 Å². The van der Waals surface area contributed by atoms with Gasteiger partial charge in [-0.25, -0.2) is 0 Å². The highest BCUT2D eigenvalue weighted by molar-refractivity contribution is 7.11. The first-order valence-electron chi connectivity index (χ1n) is 6.78. The molecule has 18 heavy (non-hydrogen) atoms. The number of hydrogen-bond acceptors (Lipinski definition) is 4. The lowest BCUT2D eigenvalue weighted by Crippen LogP contribution is -2.28. The Morgan fingerprint density at radius 3 is 2.56 bits per heavy atom. The fraction of sp³-hybridized carbons (Fsp3) is 0.714. The van der Waals surface area contributed by atoms with E-state index in [2.05, 4.69) is 48.4 Å². The molecule has 1 N–H and O–H groups in total. The molecule has 0 aromatic carbocycles. The lowest BCUT2D eigenvalue weighted by atomic mass is 10.4. The first-order chi connectivity index (χ1) is 8.63. The van der Waals surface area contributed by atoms with E-state index in [9.17, 15) is 0 Å². The van der Waals surface area contributed by atoms with Crippen LogP contribution < -0.4 is 5.32 Å². The lowest BCUT2D eigenvalue weighted by Gasteiger charge is -2.18. The van der Waals surface area contributed by atoms with E-state index in [-0.39, 0.29) is 0 Å². The SMILES string of the molecule is CN(C)CCN(C)Cc1ccc(CNC2CC2)s1. The lowest BCUT2D eigenvalue weighted by molar-refractivity contribution is 0.278. The minimum Gasteiger partial charge on any atom is -0.309 e. The standard InChI is InChI=1S/C14H25N3S/c1-16(2)8-9-17(3)11-14-7-6-13(18-14)10-15-12-4-5-12/h6-7,12,15H,4-5,8-11H2,1-3H3. The minimum atomic E-state index is 0.804. The van der Waals surface area contributed by atoms with Crippen LogP contribution >= 0.6 is 11.3 Å². The topological polar surface area (TPSA) is 18.5 Å². The zero-order valence-electron chi connectivity index (χ0n) is 11.8. The van der Waals surface area contributed by atoms with Crippen molar-refractivity contribution >= 4 is 11.3 Å². The van der Waals surface area contributed by atoms with Gasteiger partial charge in [0.1, 0.15) is 0 Å². The van der Waals surface area contributed by atoms with Gasteiger partial charge in [0.2, 0.25) is 0 Å². The molecule has 0 bridgehead atoms. The molecule has 1 aliphatic rings. The third-order valence-corrected chi connectivity index (χ3v) is 4.28. The maximum atomic E-state index is 3.57. The van der Waals surface area contributed by atoms with Crippen molar-refractivity contribution in [1.29, 1.82) is 0 Å². The average Bonchev–Trinajstić information content (AvgIpc) is 3.05. The monoisotopic (exact) mass is 267 g/mol. The second kappa shape index (κ2) is 6.66. The normalized spacial score (nSPS) is 15.8. The van der Waals surface area contributed by atoms with Gasteiger partial charge >= 0.3 is 0 Å². The second-order valence-electron chi connectivity index (χ2n) is 5.56. The Balaban J connectivity index is 1.71. The summed E-state index contributed by atoms with van der Waals surface area (Å²) in [6.45, 7) is 4.37. The Kier molecular flexibility index (Phi) is 5.18. The highest BCUT2D eigenvalue weighted by Crippen LogP contribution is 2.22. The van der Waals surface area contributed by atoms with Crippen LogP contribution in [0.4, 0.5) is 0 Å². The minimum absolute atomic E-state index is 0.804. The summed E-state index contributed by atoms with van der Waals surface area (Å²) in [6.07, 6.45) is 2.73. The van der Waals surface area contributed by atoms with Crippen molar-refractivity contribution < 1.29 is 0 Å². The Labute approximate surface area is 115 Å². The smallest absolute Gasteiger partial charge is 0.0325 e. The molecule has 1 fully saturated rings. The molecule has 1 aromatic heterocycles. The predicted octanol–water partition coefficient (Wildman–Crippen LogP) is 1.99. The Hall–Kier alpha value is -0.420. The first kappa shape index (κ1) is 14.0. The van der Waals surface area contributed by atoms with Crippen LogP contribution in [0.5, 0.6) is 0 Å². The third kappa shape index (κ3) is 5.06. The van der Waals surface area contributed by atoms with E-state index in [1.165, 1.54) is 22.6 Å². The number of nitrogens with one attached hydrogen (secondary N) is 1. The van der Waals surface area contributed by atoms with Crippen LogP contribution in [0.2, 0.25) is 0 Å². The molecule has 0 unspecified atom stereocenters. The maximum Gasteiger partial charge on any atom is 0.0325 e. The van der Waals surface area contributed by atoms with E-state index < -0.39 is 0 Å². The Bertz CT molecular complexity index is 358. The molecule has 0 amide bonds. The summed E-state index contributed by atoms with van der Waals surface area (Å²) in [4.78, 5) is 7.57. The van der Waals surface area contributed by atoms with Crippen molar-refractivity contribution in [3.05, 3.63) is 21.9 Å². The summed E-state index contributed by atoms with van der Waals surface area (Å²) in [5, 5.41) is 3.57. The number of hydrogen-bond donors (Lipinski definition) is 1. The highest BCUT2D eigenvalue weighted by atomic mass is 32.1. The zero-order valence-corrected chi connectivity index (χ0v) is 12.6. The molecular formula is C14H25N3S. The van der Waals surface area contributed by atoms with Gasteiger partial charge in [-0.2, -0.15) is 0 Å². The molecule has 1 aliphatic carbocycles. The fourth-order valence-electron chi connectivity index (χ4n) is 1.85. The van der Waals surface area contributed by atoms with Crippen LogP contribution in [0.1, 0.15) is 22.6 Å². The molecule has 2 rings (SSSR count). The molecule has 102 valence electrons. The predicted molar refractivity (Wildman–Crippen MR) is 79.1 cm³/mol. The summed E-state index contributed by atoms with van der Waals surface area (Å²) >= 11 is 1.95. The van der Waals surface area contributed by atoms with E-state index in [1.807, 2.05) is 11.3 Å². The Morgan fingerprint density at radius 2 is 1.89 bits per heavy atom. The molecule has 1 heterocycles. The quantitative estimate of drug-likeness (QED) is 0.777. The second-order valence-corrected chi connectivity index (χ2v) is 6.82. The van der Waals surface area contributed by atoms with E-state index in [4.69, 9.17) is 0 Å². The third-order valence-electron chi connectivity index (χ3n) is 3.21. The van der Waals surface area contributed by atoms with E-state index in [0.29, 0.717) is 0 Å². The Morgan fingerprint density at radius 1 is 1.17 bits per heavy atom. The van der Waals surface area contributed by atoms with Crippen LogP contribution in [0.15, 0.2) is 12.1 Å². The molecule has 0 radical (unpaired) electrons. The van der Waals surface area contributed by atoms with Crippen molar-refractivity contribution in [1.82, 2.24) is 15.1 Å². The molecule has 3 nitrogen and oxygen atoms in total. The number of nitrogens with zero attached hydrogens (tertiary/aromatic N) is 2. The summed E-state index contributed by atoms with van der Waals surface area (Å²) < 4.78 is 0. The number of thiophene rings is 1. The van der Waals surface area contributed by atoms with Crippen LogP contribution in [-0.4, -0.2) is 50.1 Å². The van der Waals surface area contributed by atoms with Crippen LogP contribution in [-0.2, 0) is 13.1 Å². The van der Waals surface area contributed by atoms with Gasteiger partial charge in [-0.05, 0) is 46.1 Å². The van der Waals surface area contributed by atoms with Crippen LogP contribution in [0.25, 0.3) is 0 Å². The fourth-order valence-corrected chi connectivity index (χ4v) is 2.90. The molecule has 0 saturated heterocycles. The van der Waals surface area contributed by atoms with Crippen molar-refractivity contribution in [3.8, 4) is 0 Å². The van der Waals surface area contributed by atoms with Crippen molar-refractivity contribution in [2.75, 3.05) is 34.2 Å². The summed E-state index contributed by atoms with van der Waals surface area (Å²) in [5.74, 6) is 0. The van der Waals surface area contributed by atoms with Crippen molar-refractivity contribution in [2.45, 2.75) is 32.0 Å². The van der Waals surface area contributed by atoms with Gasteiger partial charge in [0.05, 0.1) is 0 Å². The molecular weight excluding hydrogens is 242 g/mol. The molecule has 0 spiro atoms. The highest BCUT2D eigenvalue weighted by Gasteiger charge is 2.20. The van der Waals surface area contributed by atoms with Crippen molar-refractivity contribution in [2.24, 2.45) is 0 Å². The maximum absolute atomic E-state index is 3.57. The number of likely N-dealkylation sites (N-methyl/N-ethyl adjacent to an activating group) is 2. The first-order valence-corrected chi connectivity index (χ1v) is 7.59. The summed E-state index contributed by atoms with van der Waals surface area (Å²) in [7, 11) is 6.45. The summed E-state index contributed by atoms with van der Waals surface area (Å²) in [5.41, 5.74) is 0. The van der Waals surface area contributed by atoms with Gasteiger partial charge in [0.15, 0.2) is 0 Å². The van der Waals surface area contributed by atoms with E-state index >= 15 is 0 Å². The van der Waals surface area contributed by atoms with E-state index in [1.54, 1.807) is 0 Å². The van der Waals surface area contributed by atoms with Gasteiger partial charge in [-0.1, -0.05) is 0 Å². The molecule has 1 aromatic rings. The molecule has 0 aliphatic heterocycles. The number of rotatable bonds is 8. The van der Waals surface area contributed by atoms with Gasteiger partial charge in [0, 0.05) is 42.0 Å². The van der Waals surface area contributed by atoms with Crippen LogP contribution in [0, 0.1) is 0 Å². The van der Waals surface area contributed by atoms with Gasteiger partial charge in [-0.15, -0.1) is 11.3 Å². The van der Waals surface area contributed by atoms with Gasteiger partial charge < -0.3 is 15.1 Å². The zero-order chi connectivity index (χ0) is 13.0. The van der Waals surface area contributed by atoms with E-state index in [0.717, 1.165) is 32.2 Å². The van der Waals surface area contributed by atoms with Gasteiger partial charge in [-0.3, -0.25) is 0 Å². The summed E-state index contributed by atoms with van der Waals surface area (Å²) in [6, 6.07) is 5.36. The molecule has 0 atom stereocenters. The van der Waals surface area contributed by atoms with Gasteiger partial charge in [0.25, 0.3) is 0 Å². The average molecular weight is 267 g/mol. The molecule has 1 saturated carbocycles. The molecule has 4 heteroatoms. The largest absolute Gasteiger partial charge is 0.309 e. The van der Waals surface area contributed by atoms with Crippen molar-refractivity contribution in [3.63, 3.8) is 0 Å².